The van der Waals surface area contributed by atoms with Crippen LogP contribution in [0.4, 0.5) is 5.69 Å². The third-order valence-electron chi connectivity index (χ3n) is 7.87. The number of ketones is 1. The van der Waals surface area contributed by atoms with Crippen molar-refractivity contribution >= 4 is 17.4 Å². The summed E-state index contributed by atoms with van der Waals surface area (Å²) in [6, 6.07) is 21.2. The van der Waals surface area contributed by atoms with Crippen LogP contribution in [0.2, 0.25) is 0 Å². The molecule has 7 nitrogen and oxygen atoms in total. The van der Waals surface area contributed by atoms with Gasteiger partial charge in [-0.25, -0.2) is 0 Å². The Morgan fingerprint density at radius 3 is 2.32 bits per heavy atom. The lowest BCUT2D eigenvalue weighted by Gasteiger charge is -2.37. The topological polar surface area (TPSA) is 85.9 Å². The molecule has 3 aromatic carbocycles. The molecule has 0 saturated carbocycles. The number of nitrogens with one attached hydrogen (secondary N) is 2. The molecule has 1 aliphatic heterocycles. The summed E-state index contributed by atoms with van der Waals surface area (Å²) >= 11 is 0. The van der Waals surface area contributed by atoms with Crippen molar-refractivity contribution in [3.8, 4) is 17.2 Å². The molecule has 0 radical (unpaired) electrons. The van der Waals surface area contributed by atoms with Gasteiger partial charge in [0.25, 0.3) is 5.91 Å². The van der Waals surface area contributed by atoms with Gasteiger partial charge in [0, 0.05) is 40.6 Å². The van der Waals surface area contributed by atoms with Gasteiger partial charge >= 0.3 is 0 Å². The van der Waals surface area contributed by atoms with Gasteiger partial charge in [-0.2, -0.15) is 0 Å². The SMILES string of the molecule is CCOc1ccc([C@H]2C(C(=O)Nc3ccccc3C)=C(C)NC3=C2C(=O)C[C@H](c2ccc(OC)c(OC)c2)C3)cc1. The lowest BCUT2D eigenvalue weighted by molar-refractivity contribution is -0.116. The number of allylic oxidation sites excluding steroid dienone is 3. The van der Waals surface area contributed by atoms with E-state index in [1.807, 2.05) is 87.5 Å². The number of hydrogen-bond acceptors (Lipinski definition) is 6. The van der Waals surface area contributed by atoms with Crippen LogP contribution in [0.3, 0.4) is 0 Å². The van der Waals surface area contributed by atoms with E-state index in [2.05, 4.69) is 10.6 Å². The number of ether oxygens (including phenoxy) is 3. The summed E-state index contributed by atoms with van der Waals surface area (Å²) in [6.45, 7) is 6.36. The molecule has 2 atom stereocenters. The van der Waals surface area contributed by atoms with Gasteiger partial charge in [0.2, 0.25) is 0 Å². The van der Waals surface area contributed by atoms with Crippen LogP contribution >= 0.6 is 0 Å². The Bertz CT molecular complexity index is 1540. The normalized spacial score (nSPS) is 18.4. The molecule has 5 rings (SSSR count). The molecule has 0 spiro atoms. The van der Waals surface area contributed by atoms with Crippen molar-refractivity contribution in [3.63, 3.8) is 0 Å². The third kappa shape index (κ3) is 5.57. The monoisotopic (exact) mass is 552 g/mol. The van der Waals surface area contributed by atoms with E-state index in [1.165, 1.54) is 0 Å². The lowest BCUT2D eigenvalue weighted by Crippen LogP contribution is -2.37. The molecule has 3 aromatic rings. The van der Waals surface area contributed by atoms with Crippen molar-refractivity contribution in [1.29, 1.82) is 0 Å². The molecule has 1 aliphatic carbocycles. The predicted molar refractivity (Wildman–Crippen MR) is 160 cm³/mol. The first-order chi connectivity index (χ1) is 19.8. The highest BCUT2D eigenvalue weighted by molar-refractivity contribution is 6.10. The van der Waals surface area contributed by atoms with Crippen LogP contribution in [-0.4, -0.2) is 32.5 Å². The Hall–Kier alpha value is -4.52. The molecule has 0 bridgehead atoms. The zero-order valence-electron chi connectivity index (χ0n) is 24.2. The fraction of sp³-hybridized carbons (Fsp3) is 0.294. The number of para-hydroxylation sites is 1. The molecule has 0 fully saturated rings. The summed E-state index contributed by atoms with van der Waals surface area (Å²) in [4.78, 5) is 27.9. The number of carbonyl (C=O) groups is 2. The average Bonchev–Trinajstić information content (AvgIpc) is 2.97. The van der Waals surface area contributed by atoms with E-state index in [0.717, 1.165) is 39.5 Å². The van der Waals surface area contributed by atoms with E-state index in [0.29, 0.717) is 42.1 Å². The van der Waals surface area contributed by atoms with Gasteiger partial charge in [-0.1, -0.05) is 36.4 Å². The van der Waals surface area contributed by atoms with Crippen LogP contribution in [0.1, 0.15) is 55.2 Å². The second kappa shape index (κ2) is 11.9. The van der Waals surface area contributed by atoms with Gasteiger partial charge in [-0.05, 0) is 80.1 Å². The number of Topliss-reactive ketones (excluding diaryl/α,β-unsaturated/α-hetero) is 1. The first-order valence-corrected chi connectivity index (χ1v) is 13.9. The minimum Gasteiger partial charge on any atom is -0.494 e. The number of benzene rings is 3. The van der Waals surface area contributed by atoms with Gasteiger partial charge in [0.05, 0.1) is 20.8 Å². The lowest BCUT2D eigenvalue weighted by atomic mass is 9.71. The summed E-state index contributed by atoms with van der Waals surface area (Å²) in [5, 5.41) is 6.55. The van der Waals surface area contributed by atoms with Crippen LogP contribution in [0.25, 0.3) is 0 Å². The van der Waals surface area contributed by atoms with Crippen molar-refractivity contribution in [3.05, 3.63) is 106 Å². The highest BCUT2D eigenvalue weighted by Gasteiger charge is 2.41. The second-order valence-electron chi connectivity index (χ2n) is 10.4. The summed E-state index contributed by atoms with van der Waals surface area (Å²) in [7, 11) is 3.21. The van der Waals surface area contributed by atoms with E-state index >= 15 is 0 Å². The summed E-state index contributed by atoms with van der Waals surface area (Å²) in [5.74, 6) is 1.26. The van der Waals surface area contributed by atoms with E-state index in [9.17, 15) is 9.59 Å². The van der Waals surface area contributed by atoms with E-state index in [4.69, 9.17) is 14.2 Å². The van der Waals surface area contributed by atoms with E-state index in [1.54, 1.807) is 14.2 Å². The third-order valence-corrected chi connectivity index (χ3v) is 7.87. The van der Waals surface area contributed by atoms with Gasteiger partial charge < -0.3 is 24.8 Å². The molecule has 0 aromatic heterocycles. The van der Waals surface area contributed by atoms with Crippen molar-refractivity contribution in [1.82, 2.24) is 5.32 Å². The number of methoxy groups -OCH3 is 2. The number of dihydropyridines is 1. The van der Waals surface area contributed by atoms with Crippen molar-refractivity contribution in [2.45, 2.75) is 45.4 Å². The average molecular weight is 553 g/mol. The smallest absolute Gasteiger partial charge is 0.254 e. The maximum absolute atomic E-state index is 14.0. The van der Waals surface area contributed by atoms with E-state index < -0.39 is 5.92 Å². The summed E-state index contributed by atoms with van der Waals surface area (Å²) < 4.78 is 16.6. The Morgan fingerprint density at radius 2 is 1.63 bits per heavy atom. The van der Waals surface area contributed by atoms with Crippen molar-refractivity contribution in [2.24, 2.45) is 0 Å². The number of rotatable bonds is 8. The van der Waals surface area contributed by atoms with Crippen molar-refractivity contribution < 1.29 is 23.8 Å². The molecule has 2 aliphatic rings. The number of aryl methyl sites for hydroxylation is 1. The van der Waals surface area contributed by atoms with Gasteiger partial charge in [-0.15, -0.1) is 0 Å². The maximum Gasteiger partial charge on any atom is 0.254 e. The van der Waals surface area contributed by atoms with Gasteiger partial charge in [0.1, 0.15) is 5.75 Å². The largest absolute Gasteiger partial charge is 0.494 e. The van der Waals surface area contributed by atoms with Crippen LogP contribution in [0.5, 0.6) is 17.2 Å². The first kappa shape index (κ1) is 28.0. The Labute approximate surface area is 241 Å². The fourth-order valence-corrected chi connectivity index (χ4v) is 5.84. The van der Waals surface area contributed by atoms with Gasteiger partial charge in [-0.3, -0.25) is 9.59 Å². The summed E-state index contributed by atoms with van der Waals surface area (Å²) in [6.07, 6.45) is 0.962. The molecular weight excluding hydrogens is 516 g/mol. The van der Waals surface area contributed by atoms with Gasteiger partial charge in [0.15, 0.2) is 17.3 Å². The molecule has 0 saturated heterocycles. The Balaban J connectivity index is 1.55. The number of amides is 1. The fourth-order valence-electron chi connectivity index (χ4n) is 5.84. The zero-order valence-corrected chi connectivity index (χ0v) is 24.2. The second-order valence-corrected chi connectivity index (χ2v) is 10.4. The Kier molecular flexibility index (Phi) is 8.15. The van der Waals surface area contributed by atoms with Crippen LogP contribution < -0.4 is 24.8 Å². The molecule has 7 heteroatoms. The minimum absolute atomic E-state index is 0.0195. The molecular formula is C34H36N2O5. The highest BCUT2D eigenvalue weighted by Crippen LogP contribution is 2.46. The molecule has 2 N–H and O–H groups in total. The van der Waals surface area contributed by atoms with Crippen molar-refractivity contribution in [2.75, 3.05) is 26.1 Å². The van der Waals surface area contributed by atoms with Crippen LogP contribution in [0.15, 0.2) is 89.3 Å². The Morgan fingerprint density at radius 1 is 0.927 bits per heavy atom. The first-order valence-electron chi connectivity index (χ1n) is 13.9. The van der Waals surface area contributed by atoms with Crippen LogP contribution in [0, 0.1) is 6.92 Å². The highest BCUT2D eigenvalue weighted by atomic mass is 16.5. The molecule has 0 unspecified atom stereocenters. The van der Waals surface area contributed by atoms with E-state index in [-0.39, 0.29) is 17.6 Å². The summed E-state index contributed by atoms with van der Waals surface area (Å²) in [5.41, 5.74) is 6.35. The number of carbonyl (C=O) groups excluding carboxylic acids is 2. The standard InChI is InChI=1S/C34H36N2O5/c1-6-41-25-14-11-22(12-15-25)32-31(34(38)36-26-10-8-7-9-20(26)2)21(3)35-27-17-24(18-28(37)33(27)32)23-13-16-29(39-4)30(19-23)40-5/h7-16,19,24,32,35H,6,17-18H2,1-5H3,(H,36,38)/t24-,32+/m1/s1. The quantitative estimate of drug-likeness (QED) is 0.336. The predicted octanol–water partition coefficient (Wildman–Crippen LogP) is 6.41. The number of anilines is 1. The molecule has 41 heavy (non-hydrogen) atoms. The molecule has 1 heterocycles. The maximum atomic E-state index is 14.0. The number of hydrogen-bond donors (Lipinski definition) is 2. The minimum atomic E-state index is -0.509. The molecule has 1 amide bonds. The zero-order chi connectivity index (χ0) is 29.1. The van der Waals surface area contributed by atoms with Crippen LogP contribution in [-0.2, 0) is 9.59 Å². The molecule has 212 valence electrons.